The predicted octanol–water partition coefficient (Wildman–Crippen LogP) is 3.36. The zero-order chi connectivity index (χ0) is 13.3. The van der Waals surface area contributed by atoms with Crippen LogP contribution < -0.4 is 10.5 Å². The van der Waals surface area contributed by atoms with Crippen LogP contribution in [0.1, 0.15) is 30.9 Å². The largest absolute Gasteiger partial charge is 0.496 e. The first kappa shape index (κ1) is 12.5. The summed E-state index contributed by atoms with van der Waals surface area (Å²) in [5.41, 5.74) is 8.81. The highest BCUT2D eigenvalue weighted by Gasteiger charge is 2.19. The van der Waals surface area contributed by atoms with Crippen molar-refractivity contribution in [1.29, 1.82) is 0 Å². The van der Waals surface area contributed by atoms with Gasteiger partial charge in [-0.15, -0.1) is 0 Å². The third-order valence-corrected chi connectivity index (χ3v) is 3.00. The van der Waals surface area contributed by atoms with Crippen molar-refractivity contribution in [3.63, 3.8) is 0 Å². The summed E-state index contributed by atoms with van der Waals surface area (Å²) in [7, 11) is 1.66. The van der Waals surface area contributed by atoms with E-state index in [9.17, 15) is 0 Å². The van der Waals surface area contributed by atoms with Gasteiger partial charge in [0.05, 0.1) is 7.11 Å². The van der Waals surface area contributed by atoms with E-state index in [-0.39, 0.29) is 5.92 Å². The Hall–Kier alpha value is -1.97. The molecule has 0 saturated heterocycles. The molecule has 0 unspecified atom stereocenters. The molecule has 0 bridgehead atoms. The minimum atomic E-state index is 0.263. The Morgan fingerprint density at radius 2 is 2.06 bits per heavy atom. The number of benzene rings is 1. The normalized spacial score (nSPS) is 10.9. The third-order valence-electron chi connectivity index (χ3n) is 3.00. The van der Waals surface area contributed by atoms with Crippen LogP contribution in [-0.2, 0) is 0 Å². The Morgan fingerprint density at radius 1 is 1.33 bits per heavy atom. The van der Waals surface area contributed by atoms with Crippen LogP contribution in [-0.4, -0.2) is 12.3 Å². The average Bonchev–Trinajstić information content (AvgIpc) is 2.72. The molecule has 0 aliphatic heterocycles. The van der Waals surface area contributed by atoms with E-state index in [4.69, 9.17) is 15.0 Å². The molecule has 4 heteroatoms. The summed E-state index contributed by atoms with van der Waals surface area (Å²) in [4.78, 5) is 0. The molecular formula is C14H18N2O2. The monoisotopic (exact) mass is 246 g/mol. The molecule has 18 heavy (non-hydrogen) atoms. The van der Waals surface area contributed by atoms with Crippen LogP contribution >= 0.6 is 0 Å². The lowest BCUT2D eigenvalue weighted by Gasteiger charge is -2.08. The summed E-state index contributed by atoms with van der Waals surface area (Å²) in [6, 6.07) is 5.93. The van der Waals surface area contributed by atoms with Crippen molar-refractivity contribution < 1.29 is 9.26 Å². The number of hydrogen-bond acceptors (Lipinski definition) is 4. The van der Waals surface area contributed by atoms with Crippen LogP contribution in [0.3, 0.4) is 0 Å². The Balaban J connectivity index is 2.55. The standard InChI is InChI=1S/C14H18N2O2/c1-8(2)12-13(18-16-14(12)15)10-6-5-9(3)11(7-10)17-4/h5-8H,1-4H3,(H2,15,16). The van der Waals surface area contributed by atoms with Gasteiger partial charge in [0.2, 0.25) is 0 Å². The second-order valence-corrected chi connectivity index (χ2v) is 4.65. The topological polar surface area (TPSA) is 61.3 Å². The lowest BCUT2D eigenvalue weighted by atomic mass is 9.98. The molecule has 0 atom stereocenters. The average molecular weight is 246 g/mol. The molecule has 1 aromatic heterocycles. The number of anilines is 1. The molecule has 0 fully saturated rings. The van der Waals surface area contributed by atoms with E-state index < -0.39 is 0 Å². The molecule has 0 saturated carbocycles. The molecule has 2 aromatic rings. The highest BCUT2D eigenvalue weighted by molar-refractivity contribution is 5.68. The summed E-state index contributed by atoms with van der Waals surface area (Å²) >= 11 is 0. The Kier molecular flexibility index (Phi) is 3.28. The molecule has 0 aliphatic rings. The van der Waals surface area contributed by atoms with Crippen molar-refractivity contribution in [2.75, 3.05) is 12.8 Å². The number of hydrogen-bond donors (Lipinski definition) is 1. The number of nitrogen functional groups attached to an aromatic ring is 1. The number of aryl methyl sites for hydroxylation is 1. The molecule has 0 radical (unpaired) electrons. The van der Waals surface area contributed by atoms with Crippen LogP contribution in [0.2, 0.25) is 0 Å². The summed E-state index contributed by atoms with van der Waals surface area (Å²) in [5, 5.41) is 3.85. The molecule has 2 rings (SSSR count). The van der Waals surface area contributed by atoms with Gasteiger partial charge >= 0.3 is 0 Å². The third kappa shape index (κ3) is 2.06. The summed E-state index contributed by atoms with van der Waals surface area (Å²) in [6.07, 6.45) is 0. The number of ether oxygens (including phenoxy) is 1. The molecule has 2 N–H and O–H groups in total. The Labute approximate surface area is 107 Å². The van der Waals surface area contributed by atoms with Gasteiger partial charge < -0.3 is 15.0 Å². The van der Waals surface area contributed by atoms with Gasteiger partial charge in [-0.1, -0.05) is 31.1 Å². The molecule has 96 valence electrons. The second kappa shape index (κ2) is 4.72. The highest BCUT2D eigenvalue weighted by atomic mass is 16.5. The molecule has 0 aliphatic carbocycles. The fraction of sp³-hybridized carbons (Fsp3) is 0.357. The molecule has 1 heterocycles. The number of nitrogens with zero attached hydrogens (tertiary/aromatic N) is 1. The van der Waals surface area contributed by atoms with Gasteiger partial charge in [-0.25, -0.2) is 0 Å². The lowest BCUT2D eigenvalue weighted by Crippen LogP contribution is -1.95. The Bertz CT molecular complexity index is 559. The van der Waals surface area contributed by atoms with E-state index in [1.807, 2.05) is 25.1 Å². The van der Waals surface area contributed by atoms with Gasteiger partial charge in [-0.3, -0.25) is 0 Å². The molecular weight excluding hydrogens is 228 g/mol. The lowest BCUT2D eigenvalue weighted by molar-refractivity contribution is 0.410. The van der Waals surface area contributed by atoms with Crippen LogP contribution in [0.25, 0.3) is 11.3 Å². The van der Waals surface area contributed by atoms with Crippen LogP contribution in [0.15, 0.2) is 22.7 Å². The van der Waals surface area contributed by atoms with Gasteiger partial charge in [0, 0.05) is 11.1 Å². The summed E-state index contributed by atoms with van der Waals surface area (Å²) in [5.74, 6) is 2.27. The zero-order valence-corrected chi connectivity index (χ0v) is 11.2. The van der Waals surface area contributed by atoms with E-state index in [1.165, 1.54) is 0 Å². The number of rotatable bonds is 3. The first-order valence-electron chi connectivity index (χ1n) is 5.94. The van der Waals surface area contributed by atoms with E-state index in [2.05, 4.69) is 19.0 Å². The van der Waals surface area contributed by atoms with Gasteiger partial charge in [0.1, 0.15) is 5.75 Å². The van der Waals surface area contributed by atoms with E-state index in [0.717, 1.165) is 28.2 Å². The first-order chi connectivity index (χ1) is 8.54. The zero-order valence-electron chi connectivity index (χ0n) is 11.2. The van der Waals surface area contributed by atoms with E-state index >= 15 is 0 Å². The molecule has 1 aromatic carbocycles. The number of aromatic nitrogens is 1. The maximum Gasteiger partial charge on any atom is 0.172 e. The van der Waals surface area contributed by atoms with Crippen molar-refractivity contribution >= 4 is 5.82 Å². The highest BCUT2D eigenvalue weighted by Crippen LogP contribution is 2.35. The van der Waals surface area contributed by atoms with Gasteiger partial charge in [-0.05, 0) is 24.5 Å². The van der Waals surface area contributed by atoms with E-state index in [0.29, 0.717) is 5.82 Å². The smallest absolute Gasteiger partial charge is 0.172 e. The van der Waals surface area contributed by atoms with Gasteiger partial charge in [0.25, 0.3) is 0 Å². The fourth-order valence-electron chi connectivity index (χ4n) is 2.04. The SMILES string of the molecule is COc1cc(-c2onc(N)c2C(C)C)ccc1C. The van der Waals surface area contributed by atoms with Crippen molar-refractivity contribution in [3.05, 3.63) is 29.3 Å². The summed E-state index contributed by atoms with van der Waals surface area (Å²) in [6.45, 7) is 6.14. The number of nitrogens with two attached hydrogens (primary N) is 1. The summed E-state index contributed by atoms with van der Waals surface area (Å²) < 4.78 is 10.7. The molecule has 0 amide bonds. The number of methoxy groups -OCH3 is 1. The molecule has 0 spiro atoms. The second-order valence-electron chi connectivity index (χ2n) is 4.65. The van der Waals surface area contributed by atoms with E-state index in [1.54, 1.807) is 7.11 Å². The van der Waals surface area contributed by atoms with Crippen molar-refractivity contribution in [1.82, 2.24) is 5.16 Å². The predicted molar refractivity (Wildman–Crippen MR) is 71.7 cm³/mol. The van der Waals surface area contributed by atoms with Crippen LogP contribution in [0.5, 0.6) is 5.75 Å². The maximum absolute atomic E-state index is 5.84. The van der Waals surface area contributed by atoms with Crippen molar-refractivity contribution in [2.45, 2.75) is 26.7 Å². The minimum absolute atomic E-state index is 0.263. The fourth-order valence-corrected chi connectivity index (χ4v) is 2.04. The van der Waals surface area contributed by atoms with Crippen molar-refractivity contribution in [3.8, 4) is 17.1 Å². The minimum Gasteiger partial charge on any atom is -0.496 e. The maximum atomic E-state index is 5.84. The molecule has 4 nitrogen and oxygen atoms in total. The first-order valence-corrected chi connectivity index (χ1v) is 5.94. The van der Waals surface area contributed by atoms with Crippen molar-refractivity contribution in [2.24, 2.45) is 0 Å². The Morgan fingerprint density at radius 3 is 2.67 bits per heavy atom. The quantitative estimate of drug-likeness (QED) is 0.902. The van der Waals surface area contributed by atoms with Crippen LogP contribution in [0.4, 0.5) is 5.82 Å². The van der Waals surface area contributed by atoms with Gasteiger partial charge in [-0.2, -0.15) is 0 Å². The van der Waals surface area contributed by atoms with Crippen LogP contribution in [0, 0.1) is 6.92 Å². The van der Waals surface area contributed by atoms with Gasteiger partial charge in [0.15, 0.2) is 11.6 Å².